The van der Waals surface area contributed by atoms with Gasteiger partial charge in [-0.2, -0.15) is 0 Å². The maximum Gasteiger partial charge on any atom is 0.228 e. The van der Waals surface area contributed by atoms with Crippen molar-refractivity contribution in [1.82, 2.24) is 10.2 Å². The lowest BCUT2D eigenvalue weighted by atomic mass is 10.0. The van der Waals surface area contributed by atoms with Crippen LogP contribution in [0.1, 0.15) is 32.6 Å². The number of nitrogens with zero attached hydrogens (tertiary/aromatic N) is 1. The van der Waals surface area contributed by atoms with E-state index in [0.29, 0.717) is 12.6 Å². The summed E-state index contributed by atoms with van der Waals surface area (Å²) in [5, 5.41) is 3.38. The number of ether oxygens (including phenoxy) is 1. The van der Waals surface area contributed by atoms with Gasteiger partial charge in [-0.25, -0.2) is 0 Å². The van der Waals surface area contributed by atoms with Crippen molar-refractivity contribution in [3.8, 4) is 0 Å². The van der Waals surface area contributed by atoms with Gasteiger partial charge in [-0.3, -0.25) is 4.79 Å². The van der Waals surface area contributed by atoms with Crippen LogP contribution in [0.4, 0.5) is 0 Å². The van der Waals surface area contributed by atoms with E-state index < -0.39 is 0 Å². The highest BCUT2D eigenvalue weighted by Gasteiger charge is 2.32. The number of rotatable bonds is 2. The van der Waals surface area contributed by atoms with Crippen LogP contribution in [0.3, 0.4) is 0 Å². The summed E-state index contributed by atoms with van der Waals surface area (Å²) in [7, 11) is 1.96. The first kappa shape index (κ1) is 12.8. The molecule has 2 rings (SSSR count). The normalized spacial score (nSPS) is 34.4. The first-order chi connectivity index (χ1) is 8.18. The summed E-state index contributed by atoms with van der Waals surface area (Å²) < 4.78 is 5.49. The minimum Gasteiger partial charge on any atom is -0.378 e. The Morgan fingerprint density at radius 2 is 2.18 bits per heavy atom. The predicted molar refractivity (Wildman–Crippen MR) is 66.8 cm³/mol. The standard InChI is InChI=1S/C13H24N2O2/c1-10-8-11(9-17-10)13(16)15(2)12-4-3-6-14-7-5-12/h10-12,14H,3-9H2,1-2H3. The Morgan fingerprint density at radius 3 is 2.88 bits per heavy atom. The third-order valence-electron chi connectivity index (χ3n) is 3.99. The molecule has 0 aliphatic carbocycles. The summed E-state index contributed by atoms with van der Waals surface area (Å²) in [6.45, 7) is 4.76. The van der Waals surface area contributed by atoms with E-state index in [2.05, 4.69) is 5.32 Å². The van der Waals surface area contributed by atoms with Crippen molar-refractivity contribution in [3.05, 3.63) is 0 Å². The molecule has 2 aliphatic rings. The molecular formula is C13H24N2O2. The Balaban J connectivity index is 1.89. The Labute approximate surface area is 104 Å². The van der Waals surface area contributed by atoms with Crippen molar-refractivity contribution in [1.29, 1.82) is 0 Å². The number of carbonyl (C=O) groups excluding carboxylic acids is 1. The maximum atomic E-state index is 12.3. The zero-order chi connectivity index (χ0) is 12.3. The van der Waals surface area contributed by atoms with E-state index in [1.165, 1.54) is 6.42 Å². The number of nitrogens with one attached hydrogen (secondary N) is 1. The summed E-state index contributed by atoms with van der Waals surface area (Å²) in [4.78, 5) is 14.3. The summed E-state index contributed by atoms with van der Waals surface area (Å²) >= 11 is 0. The topological polar surface area (TPSA) is 41.6 Å². The predicted octanol–water partition coefficient (Wildman–Crippen LogP) is 1.01. The van der Waals surface area contributed by atoms with Gasteiger partial charge in [0.15, 0.2) is 0 Å². The van der Waals surface area contributed by atoms with Gasteiger partial charge in [0.05, 0.1) is 18.6 Å². The first-order valence-corrected chi connectivity index (χ1v) is 6.77. The van der Waals surface area contributed by atoms with Gasteiger partial charge in [0.1, 0.15) is 0 Å². The second kappa shape index (κ2) is 5.83. The van der Waals surface area contributed by atoms with E-state index in [4.69, 9.17) is 4.74 Å². The summed E-state index contributed by atoms with van der Waals surface area (Å²) in [6.07, 6.45) is 4.49. The molecule has 2 saturated heterocycles. The molecule has 0 aromatic rings. The molecule has 4 nitrogen and oxygen atoms in total. The average Bonchev–Trinajstić information content (AvgIpc) is 2.60. The number of hydrogen-bond acceptors (Lipinski definition) is 3. The van der Waals surface area contributed by atoms with Crippen LogP contribution in [-0.2, 0) is 9.53 Å². The van der Waals surface area contributed by atoms with E-state index in [-0.39, 0.29) is 17.9 Å². The van der Waals surface area contributed by atoms with Crippen LogP contribution < -0.4 is 5.32 Å². The lowest BCUT2D eigenvalue weighted by molar-refractivity contribution is -0.136. The Morgan fingerprint density at radius 1 is 1.35 bits per heavy atom. The van der Waals surface area contributed by atoms with Crippen molar-refractivity contribution >= 4 is 5.91 Å². The van der Waals surface area contributed by atoms with Crippen molar-refractivity contribution in [2.75, 3.05) is 26.7 Å². The number of hydrogen-bond donors (Lipinski definition) is 1. The molecule has 0 bridgehead atoms. The van der Waals surface area contributed by atoms with Gasteiger partial charge in [-0.05, 0) is 45.7 Å². The second-order valence-electron chi connectivity index (χ2n) is 5.36. The molecule has 0 saturated carbocycles. The third kappa shape index (κ3) is 3.19. The lowest BCUT2D eigenvalue weighted by Crippen LogP contribution is -2.41. The molecule has 17 heavy (non-hydrogen) atoms. The highest BCUT2D eigenvalue weighted by Crippen LogP contribution is 2.23. The quantitative estimate of drug-likeness (QED) is 0.783. The first-order valence-electron chi connectivity index (χ1n) is 6.77. The molecule has 1 amide bonds. The van der Waals surface area contributed by atoms with E-state index in [0.717, 1.165) is 32.4 Å². The zero-order valence-electron chi connectivity index (χ0n) is 10.9. The Hall–Kier alpha value is -0.610. The molecule has 1 N–H and O–H groups in total. The van der Waals surface area contributed by atoms with Crippen molar-refractivity contribution < 1.29 is 9.53 Å². The average molecular weight is 240 g/mol. The summed E-state index contributed by atoms with van der Waals surface area (Å²) in [5.74, 6) is 0.368. The molecule has 3 atom stereocenters. The minimum atomic E-state index is 0.0891. The number of carbonyl (C=O) groups is 1. The molecule has 98 valence electrons. The molecule has 0 aromatic carbocycles. The molecule has 0 radical (unpaired) electrons. The van der Waals surface area contributed by atoms with E-state index in [1.54, 1.807) is 0 Å². The van der Waals surface area contributed by atoms with Gasteiger partial charge in [-0.15, -0.1) is 0 Å². The molecular weight excluding hydrogens is 216 g/mol. The van der Waals surface area contributed by atoms with Crippen molar-refractivity contribution in [2.45, 2.75) is 44.8 Å². The van der Waals surface area contributed by atoms with E-state index >= 15 is 0 Å². The van der Waals surface area contributed by atoms with Crippen molar-refractivity contribution in [3.63, 3.8) is 0 Å². The number of amides is 1. The third-order valence-corrected chi connectivity index (χ3v) is 3.99. The van der Waals surface area contributed by atoms with Gasteiger partial charge in [-0.1, -0.05) is 0 Å². The van der Waals surface area contributed by atoms with Crippen LogP contribution in [0.5, 0.6) is 0 Å². The molecule has 4 heteroatoms. The van der Waals surface area contributed by atoms with Crippen LogP contribution in [0.25, 0.3) is 0 Å². The second-order valence-corrected chi connectivity index (χ2v) is 5.36. The fourth-order valence-electron chi connectivity index (χ4n) is 2.85. The fraction of sp³-hybridized carbons (Fsp3) is 0.923. The smallest absolute Gasteiger partial charge is 0.228 e. The molecule has 3 unspecified atom stereocenters. The van der Waals surface area contributed by atoms with Gasteiger partial charge < -0.3 is 15.0 Å². The monoisotopic (exact) mass is 240 g/mol. The molecule has 2 aliphatic heterocycles. The SMILES string of the molecule is CC1CC(C(=O)N(C)C2CCCNCC2)CO1. The zero-order valence-corrected chi connectivity index (χ0v) is 10.9. The van der Waals surface area contributed by atoms with Gasteiger partial charge in [0.2, 0.25) is 5.91 Å². The highest BCUT2D eigenvalue weighted by atomic mass is 16.5. The summed E-state index contributed by atoms with van der Waals surface area (Å²) in [6, 6.07) is 0.411. The van der Waals surface area contributed by atoms with Crippen LogP contribution in [0, 0.1) is 5.92 Å². The molecule has 0 spiro atoms. The Bertz CT molecular complexity index is 262. The largest absolute Gasteiger partial charge is 0.378 e. The molecule has 0 aromatic heterocycles. The van der Waals surface area contributed by atoms with Crippen LogP contribution in [-0.4, -0.2) is 49.7 Å². The van der Waals surface area contributed by atoms with Gasteiger partial charge in [0.25, 0.3) is 0 Å². The lowest BCUT2D eigenvalue weighted by Gasteiger charge is -2.29. The van der Waals surface area contributed by atoms with Crippen LogP contribution in [0.2, 0.25) is 0 Å². The molecule has 2 fully saturated rings. The van der Waals surface area contributed by atoms with Gasteiger partial charge in [0, 0.05) is 13.1 Å². The summed E-state index contributed by atoms with van der Waals surface area (Å²) in [5.41, 5.74) is 0. The van der Waals surface area contributed by atoms with E-state index in [9.17, 15) is 4.79 Å². The van der Waals surface area contributed by atoms with Crippen LogP contribution in [0.15, 0.2) is 0 Å². The maximum absolute atomic E-state index is 12.3. The minimum absolute atomic E-state index is 0.0891. The fourth-order valence-corrected chi connectivity index (χ4v) is 2.85. The van der Waals surface area contributed by atoms with Crippen LogP contribution >= 0.6 is 0 Å². The highest BCUT2D eigenvalue weighted by molar-refractivity contribution is 5.79. The van der Waals surface area contributed by atoms with E-state index in [1.807, 2.05) is 18.9 Å². The molecule has 2 heterocycles. The Kier molecular flexibility index (Phi) is 4.40. The van der Waals surface area contributed by atoms with Crippen molar-refractivity contribution in [2.24, 2.45) is 5.92 Å². The van der Waals surface area contributed by atoms with Gasteiger partial charge >= 0.3 is 0 Å².